The van der Waals surface area contributed by atoms with E-state index in [1.807, 2.05) is 0 Å². The van der Waals surface area contributed by atoms with Crippen molar-refractivity contribution in [2.45, 2.75) is 37.4 Å². The molecule has 2 saturated carbocycles. The molecule has 0 unspecified atom stereocenters. The van der Waals surface area contributed by atoms with Crippen LogP contribution in [0.2, 0.25) is 5.02 Å². The highest BCUT2D eigenvalue weighted by molar-refractivity contribution is 9.10. The van der Waals surface area contributed by atoms with Crippen LogP contribution in [0.5, 0.6) is 0 Å². The predicted molar refractivity (Wildman–Crippen MR) is 135 cm³/mol. The molecule has 38 heavy (non-hydrogen) atoms. The van der Waals surface area contributed by atoms with E-state index in [2.05, 4.69) is 46.8 Å². The van der Waals surface area contributed by atoms with Gasteiger partial charge in [-0.05, 0) is 65.7 Å². The third-order valence-electron chi connectivity index (χ3n) is 6.84. The molecule has 2 fully saturated rings. The van der Waals surface area contributed by atoms with Gasteiger partial charge in [0.1, 0.15) is 5.69 Å². The first kappa shape index (κ1) is 24.9. The van der Waals surface area contributed by atoms with Gasteiger partial charge in [-0.3, -0.25) is 14.7 Å². The molecule has 2 aliphatic rings. The summed E-state index contributed by atoms with van der Waals surface area (Å²) in [7, 11) is 0. The standard InChI is InChI=1S/C24H18BrClF3N7O2/c25-13-8-11-10-31-34-18(11)17(22(38)33-23(5-6-23)12-3-4-12)19(13)32-21(37)15-9-16(24(27,28)29)35-36(15)20-14(26)2-1-7-30-20/h1-2,7-10,12H,3-6H2,(H,31,34)(H,32,37)(H,33,38). The molecule has 2 aliphatic carbocycles. The van der Waals surface area contributed by atoms with E-state index in [0.717, 1.165) is 30.4 Å². The Morgan fingerprint density at radius 2 is 1.97 bits per heavy atom. The van der Waals surface area contributed by atoms with Crippen LogP contribution in [-0.2, 0) is 6.18 Å². The number of hydrogen-bond acceptors (Lipinski definition) is 5. The molecule has 0 radical (unpaired) electrons. The zero-order valence-electron chi connectivity index (χ0n) is 19.4. The summed E-state index contributed by atoms with van der Waals surface area (Å²) >= 11 is 9.55. The number of fused-ring (bicyclic) bond motifs is 1. The monoisotopic (exact) mass is 607 g/mol. The van der Waals surface area contributed by atoms with Gasteiger partial charge in [-0.15, -0.1) is 0 Å². The zero-order chi connectivity index (χ0) is 26.8. The Hall–Kier alpha value is -3.45. The van der Waals surface area contributed by atoms with E-state index in [1.54, 1.807) is 6.07 Å². The van der Waals surface area contributed by atoms with E-state index >= 15 is 0 Å². The van der Waals surface area contributed by atoms with Crippen LogP contribution in [0.25, 0.3) is 16.7 Å². The van der Waals surface area contributed by atoms with E-state index < -0.39 is 29.4 Å². The fourth-order valence-corrected chi connectivity index (χ4v) is 5.40. The van der Waals surface area contributed by atoms with Crippen LogP contribution >= 0.6 is 27.5 Å². The average Bonchev–Trinajstić information content (AvgIpc) is 3.76. The molecule has 1 aromatic carbocycles. The molecule has 14 heteroatoms. The van der Waals surface area contributed by atoms with Crippen molar-refractivity contribution in [2.24, 2.45) is 5.92 Å². The summed E-state index contributed by atoms with van der Waals surface area (Å²) in [6.45, 7) is 0. The maximum Gasteiger partial charge on any atom is 0.435 e. The number of anilines is 1. The van der Waals surface area contributed by atoms with Gasteiger partial charge in [-0.1, -0.05) is 11.6 Å². The fraction of sp³-hybridized carbons (Fsp3) is 0.292. The fourth-order valence-electron chi connectivity index (χ4n) is 4.66. The molecular weight excluding hydrogens is 591 g/mol. The number of halogens is 5. The third kappa shape index (κ3) is 4.33. The first-order chi connectivity index (χ1) is 18.1. The number of carbonyl (C=O) groups is 2. The maximum absolute atomic E-state index is 13.6. The van der Waals surface area contributed by atoms with Gasteiger partial charge in [0.25, 0.3) is 11.8 Å². The number of rotatable bonds is 6. The largest absolute Gasteiger partial charge is 0.435 e. The summed E-state index contributed by atoms with van der Waals surface area (Å²) in [6, 6.07) is 5.16. The molecule has 6 rings (SSSR count). The molecule has 0 spiro atoms. The van der Waals surface area contributed by atoms with Gasteiger partial charge in [-0.2, -0.15) is 23.4 Å². The smallest absolute Gasteiger partial charge is 0.346 e. The van der Waals surface area contributed by atoms with E-state index in [1.165, 1.54) is 24.5 Å². The summed E-state index contributed by atoms with van der Waals surface area (Å²) in [4.78, 5) is 31.1. The maximum atomic E-state index is 13.6. The quantitative estimate of drug-likeness (QED) is 0.267. The zero-order valence-corrected chi connectivity index (χ0v) is 21.7. The molecule has 9 nitrogen and oxygen atoms in total. The number of aromatic nitrogens is 5. The van der Waals surface area contributed by atoms with Gasteiger partial charge in [0.05, 0.1) is 28.0 Å². The van der Waals surface area contributed by atoms with E-state index in [-0.39, 0.29) is 27.6 Å². The van der Waals surface area contributed by atoms with Gasteiger partial charge in [0.2, 0.25) is 0 Å². The molecule has 2 amide bonds. The number of carbonyl (C=O) groups excluding carboxylic acids is 2. The minimum Gasteiger partial charge on any atom is -0.346 e. The molecule has 0 saturated heterocycles. The molecular formula is C24H18BrClF3N7O2. The van der Waals surface area contributed by atoms with Crippen LogP contribution in [0.1, 0.15) is 52.2 Å². The van der Waals surface area contributed by atoms with Crippen molar-refractivity contribution in [3.05, 3.63) is 63.1 Å². The van der Waals surface area contributed by atoms with Gasteiger partial charge in [0, 0.05) is 27.7 Å². The Morgan fingerprint density at radius 3 is 2.63 bits per heavy atom. The summed E-state index contributed by atoms with van der Waals surface area (Å²) in [5.74, 6) is -1.10. The number of aromatic amines is 1. The molecule has 3 N–H and O–H groups in total. The van der Waals surface area contributed by atoms with Crippen LogP contribution < -0.4 is 10.6 Å². The number of hydrogen-bond donors (Lipinski definition) is 3. The highest BCUT2D eigenvalue weighted by atomic mass is 79.9. The molecule has 0 aliphatic heterocycles. The van der Waals surface area contributed by atoms with Crippen LogP contribution in [0, 0.1) is 5.92 Å². The second-order valence-electron chi connectivity index (χ2n) is 9.41. The topological polar surface area (TPSA) is 118 Å². The summed E-state index contributed by atoms with van der Waals surface area (Å²) in [5, 5.41) is 16.7. The molecule has 3 heterocycles. The van der Waals surface area contributed by atoms with E-state index in [0.29, 0.717) is 27.4 Å². The van der Waals surface area contributed by atoms with Gasteiger partial charge in [0.15, 0.2) is 11.5 Å². The SMILES string of the molecule is O=C(NC1(C2CC2)CC1)c1c(NC(=O)c2cc(C(F)(F)F)nn2-c2ncccc2Cl)c(Br)cc2cn[nH]c12. The van der Waals surface area contributed by atoms with Crippen molar-refractivity contribution >= 4 is 55.9 Å². The molecule has 196 valence electrons. The number of H-pyrrole nitrogens is 1. The van der Waals surface area contributed by atoms with Gasteiger partial charge >= 0.3 is 6.18 Å². The Kier molecular flexibility index (Phi) is 5.76. The van der Waals surface area contributed by atoms with E-state index in [4.69, 9.17) is 11.6 Å². The summed E-state index contributed by atoms with van der Waals surface area (Å²) < 4.78 is 41.8. The molecule has 0 atom stereocenters. The predicted octanol–water partition coefficient (Wildman–Crippen LogP) is 5.50. The Morgan fingerprint density at radius 1 is 1.21 bits per heavy atom. The van der Waals surface area contributed by atoms with Crippen LogP contribution in [0.3, 0.4) is 0 Å². The summed E-state index contributed by atoms with van der Waals surface area (Å²) in [6.07, 6.45) is 1.85. The Labute approximate surface area is 226 Å². The number of benzene rings is 1. The van der Waals surface area contributed by atoms with Crippen molar-refractivity contribution in [1.82, 2.24) is 30.3 Å². The van der Waals surface area contributed by atoms with Crippen molar-refractivity contribution in [3.8, 4) is 5.82 Å². The second kappa shape index (κ2) is 8.80. The lowest BCUT2D eigenvalue weighted by atomic mass is 10.1. The van der Waals surface area contributed by atoms with Gasteiger partial charge < -0.3 is 10.6 Å². The van der Waals surface area contributed by atoms with Crippen molar-refractivity contribution in [2.75, 3.05) is 5.32 Å². The first-order valence-electron chi connectivity index (χ1n) is 11.6. The number of pyridine rings is 1. The highest BCUT2D eigenvalue weighted by Crippen LogP contribution is 2.54. The van der Waals surface area contributed by atoms with Crippen molar-refractivity contribution in [3.63, 3.8) is 0 Å². The number of alkyl halides is 3. The summed E-state index contributed by atoms with van der Waals surface area (Å²) in [5.41, 5.74) is -1.47. The number of nitrogens with zero attached hydrogens (tertiary/aromatic N) is 4. The van der Waals surface area contributed by atoms with E-state index in [9.17, 15) is 22.8 Å². The van der Waals surface area contributed by atoms with Crippen LogP contribution in [-0.4, -0.2) is 42.3 Å². The average molecular weight is 609 g/mol. The van der Waals surface area contributed by atoms with Crippen LogP contribution in [0.4, 0.5) is 18.9 Å². The number of nitrogens with one attached hydrogen (secondary N) is 3. The highest BCUT2D eigenvalue weighted by Gasteiger charge is 2.55. The lowest BCUT2D eigenvalue weighted by Crippen LogP contribution is -2.39. The molecule has 3 aromatic heterocycles. The lowest BCUT2D eigenvalue weighted by Gasteiger charge is -2.19. The molecule has 0 bridgehead atoms. The van der Waals surface area contributed by atoms with Crippen molar-refractivity contribution < 1.29 is 22.8 Å². The lowest BCUT2D eigenvalue weighted by molar-refractivity contribution is -0.141. The minimum atomic E-state index is -4.83. The third-order valence-corrected chi connectivity index (χ3v) is 7.76. The Balaban J connectivity index is 1.42. The van der Waals surface area contributed by atoms with Crippen molar-refractivity contribution in [1.29, 1.82) is 0 Å². The molecule has 4 aromatic rings. The minimum absolute atomic E-state index is 0.00620. The van der Waals surface area contributed by atoms with Crippen LogP contribution in [0.15, 0.2) is 41.1 Å². The second-order valence-corrected chi connectivity index (χ2v) is 10.7. The number of amides is 2. The first-order valence-corrected chi connectivity index (χ1v) is 12.8. The normalized spacial score (nSPS) is 16.4. The Bertz CT molecular complexity index is 1610. The van der Waals surface area contributed by atoms with Gasteiger partial charge in [-0.25, -0.2) is 9.67 Å².